The zero-order valence-electron chi connectivity index (χ0n) is 12.9. The highest BCUT2D eigenvalue weighted by Gasteiger charge is 2.42. The molecule has 114 valence electrons. The lowest BCUT2D eigenvalue weighted by atomic mass is 9.83. The minimum atomic E-state index is 0.162. The van der Waals surface area contributed by atoms with E-state index in [9.17, 15) is 4.79 Å². The van der Waals surface area contributed by atoms with Crippen molar-refractivity contribution in [2.24, 2.45) is 0 Å². The van der Waals surface area contributed by atoms with Crippen molar-refractivity contribution in [3.05, 3.63) is 0 Å². The Kier molecular flexibility index (Phi) is 4.46. The van der Waals surface area contributed by atoms with Gasteiger partial charge in [-0.3, -0.25) is 9.69 Å². The number of hydrogen-bond acceptors (Lipinski definition) is 3. The van der Waals surface area contributed by atoms with E-state index in [1.54, 1.807) is 6.92 Å². The van der Waals surface area contributed by atoms with E-state index in [4.69, 9.17) is 4.74 Å². The fourth-order valence-corrected chi connectivity index (χ4v) is 4.52. The first-order chi connectivity index (χ1) is 9.69. The number of ketones is 1. The molecule has 2 unspecified atom stereocenters. The van der Waals surface area contributed by atoms with E-state index in [0.717, 1.165) is 19.5 Å². The Bertz CT molecular complexity index is 349. The van der Waals surface area contributed by atoms with Gasteiger partial charge >= 0.3 is 0 Å². The van der Waals surface area contributed by atoms with Crippen molar-refractivity contribution < 1.29 is 9.53 Å². The Morgan fingerprint density at radius 2 is 1.90 bits per heavy atom. The van der Waals surface area contributed by atoms with Crippen molar-refractivity contribution in [1.82, 2.24) is 4.90 Å². The van der Waals surface area contributed by atoms with Gasteiger partial charge in [0.15, 0.2) is 0 Å². The molecular weight excluding hydrogens is 250 g/mol. The standard InChI is InChI=1S/C17H29NO2/c1-14(19)16-7-3-6-12-18(16)13-15-8-11-17(20-15)9-4-2-5-10-17/h15-16H,2-13H2,1H3. The van der Waals surface area contributed by atoms with Gasteiger partial charge in [0, 0.05) is 6.54 Å². The number of carbonyl (C=O) groups is 1. The second-order valence-corrected chi connectivity index (χ2v) is 7.14. The average molecular weight is 279 g/mol. The van der Waals surface area contributed by atoms with Crippen LogP contribution in [0.1, 0.15) is 71.1 Å². The Hall–Kier alpha value is -0.410. The molecule has 3 rings (SSSR count). The second kappa shape index (κ2) is 6.15. The van der Waals surface area contributed by atoms with Gasteiger partial charge in [-0.2, -0.15) is 0 Å². The minimum Gasteiger partial charge on any atom is -0.370 e. The third-order valence-corrected chi connectivity index (χ3v) is 5.62. The highest BCUT2D eigenvalue weighted by atomic mass is 16.5. The number of likely N-dealkylation sites (tertiary alicyclic amines) is 1. The number of Topliss-reactive ketones (excluding diaryl/α,β-unsaturated/α-hetero) is 1. The number of rotatable bonds is 3. The van der Waals surface area contributed by atoms with Gasteiger partial charge < -0.3 is 4.74 Å². The Labute approximate surface area is 123 Å². The van der Waals surface area contributed by atoms with Gasteiger partial charge in [-0.25, -0.2) is 0 Å². The van der Waals surface area contributed by atoms with Crippen LogP contribution in [0.4, 0.5) is 0 Å². The van der Waals surface area contributed by atoms with Crippen LogP contribution in [-0.2, 0) is 9.53 Å². The van der Waals surface area contributed by atoms with Gasteiger partial charge in [0.05, 0.1) is 17.7 Å². The van der Waals surface area contributed by atoms with Crippen LogP contribution in [-0.4, -0.2) is 41.5 Å². The molecule has 20 heavy (non-hydrogen) atoms. The monoisotopic (exact) mass is 279 g/mol. The van der Waals surface area contributed by atoms with Gasteiger partial charge in [0.1, 0.15) is 5.78 Å². The number of carbonyl (C=O) groups excluding carboxylic acids is 1. The first-order valence-corrected chi connectivity index (χ1v) is 8.61. The number of hydrogen-bond donors (Lipinski definition) is 0. The molecule has 2 atom stereocenters. The molecule has 1 spiro atoms. The molecule has 3 aliphatic rings. The minimum absolute atomic E-state index is 0.162. The van der Waals surface area contributed by atoms with Crippen LogP contribution in [0.5, 0.6) is 0 Å². The highest BCUT2D eigenvalue weighted by Crippen LogP contribution is 2.42. The van der Waals surface area contributed by atoms with Crippen molar-refractivity contribution in [3.8, 4) is 0 Å². The summed E-state index contributed by atoms with van der Waals surface area (Å²) in [5.74, 6) is 0.343. The van der Waals surface area contributed by atoms with E-state index in [1.165, 1.54) is 57.8 Å². The van der Waals surface area contributed by atoms with Crippen LogP contribution >= 0.6 is 0 Å². The van der Waals surface area contributed by atoms with E-state index in [-0.39, 0.29) is 11.6 Å². The van der Waals surface area contributed by atoms with Crippen LogP contribution in [0.25, 0.3) is 0 Å². The van der Waals surface area contributed by atoms with E-state index in [0.29, 0.717) is 11.9 Å². The molecule has 1 saturated carbocycles. The fourth-order valence-electron chi connectivity index (χ4n) is 4.52. The van der Waals surface area contributed by atoms with E-state index in [1.807, 2.05) is 0 Å². The maximum Gasteiger partial charge on any atom is 0.146 e. The van der Waals surface area contributed by atoms with Gasteiger partial charge in [0.2, 0.25) is 0 Å². The largest absolute Gasteiger partial charge is 0.370 e. The highest BCUT2D eigenvalue weighted by molar-refractivity contribution is 5.81. The number of nitrogens with zero attached hydrogens (tertiary/aromatic N) is 1. The zero-order valence-corrected chi connectivity index (χ0v) is 12.9. The van der Waals surface area contributed by atoms with Crippen molar-refractivity contribution >= 4 is 5.78 Å². The van der Waals surface area contributed by atoms with Gasteiger partial charge in [-0.05, 0) is 52.0 Å². The molecule has 2 saturated heterocycles. The molecule has 2 aliphatic heterocycles. The fraction of sp³-hybridized carbons (Fsp3) is 0.941. The summed E-state index contributed by atoms with van der Waals surface area (Å²) < 4.78 is 6.47. The molecule has 0 N–H and O–H groups in total. The van der Waals surface area contributed by atoms with Gasteiger partial charge in [-0.15, -0.1) is 0 Å². The molecule has 0 amide bonds. The molecule has 0 bridgehead atoms. The quantitative estimate of drug-likeness (QED) is 0.794. The van der Waals surface area contributed by atoms with Crippen LogP contribution in [0, 0.1) is 0 Å². The number of ether oxygens (including phenoxy) is 1. The van der Waals surface area contributed by atoms with Crippen LogP contribution < -0.4 is 0 Å². The van der Waals surface area contributed by atoms with Crippen molar-refractivity contribution in [3.63, 3.8) is 0 Å². The average Bonchev–Trinajstić information content (AvgIpc) is 2.82. The molecule has 1 aliphatic carbocycles. The summed E-state index contributed by atoms with van der Waals surface area (Å²) in [4.78, 5) is 14.2. The van der Waals surface area contributed by atoms with Crippen LogP contribution in [0.2, 0.25) is 0 Å². The van der Waals surface area contributed by atoms with E-state index in [2.05, 4.69) is 4.90 Å². The third kappa shape index (κ3) is 3.09. The zero-order chi connectivity index (χ0) is 14.0. The first-order valence-electron chi connectivity index (χ1n) is 8.61. The molecule has 3 nitrogen and oxygen atoms in total. The van der Waals surface area contributed by atoms with Crippen molar-refractivity contribution in [2.45, 2.75) is 88.9 Å². The summed E-state index contributed by atoms with van der Waals surface area (Å²) in [6, 6.07) is 0.162. The van der Waals surface area contributed by atoms with Gasteiger partial charge in [0.25, 0.3) is 0 Å². The van der Waals surface area contributed by atoms with E-state index >= 15 is 0 Å². The molecule has 0 aromatic carbocycles. The summed E-state index contributed by atoms with van der Waals surface area (Å²) in [5.41, 5.74) is 0.213. The molecule has 2 heterocycles. The maximum atomic E-state index is 11.8. The van der Waals surface area contributed by atoms with E-state index < -0.39 is 0 Å². The van der Waals surface area contributed by atoms with Crippen molar-refractivity contribution in [1.29, 1.82) is 0 Å². The lowest BCUT2D eigenvalue weighted by Crippen LogP contribution is -2.47. The third-order valence-electron chi connectivity index (χ3n) is 5.62. The summed E-state index contributed by atoms with van der Waals surface area (Å²) in [7, 11) is 0. The number of piperidine rings is 1. The lowest BCUT2D eigenvalue weighted by Gasteiger charge is -2.37. The SMILES string of the molecule is CC(=O)C1CCCCN1CC1CCC2(CCCCC2)O1. The topological polar surface area (TPSA) is 29.5 Å². The van der Waals surface area contributed by atoms with Gasteiger partial charge in [-0.1, -0.05) is 25.7 Å². The van der Waals surface area contributed by atoms with Crippen molar-refractivity contribution in [2.75, 3.05) is 13.1 Å². The molecule has 0 aromatic heterocycles. The molecule has 0 aromatic rings. The lowest BCUT2D eigenvalue weighted by molar-refractivity contribution is -0.125. The molecule has 3 fully saturated rings. The van der Waals surface area contributed by atoms with Crippen LogP contribution in [0.15, 0.2) is 0 Å². The van der Waals surface area contributed by atoms with Crippen LogP contribution in [0.3, 0.4) is 0 Å². The second-order valence-electron chi connectivity index (χ2n) is 7.14. The predicted octanol–water partition coefficient (Wildman–Crippen LogP) is 3.31. The predicted molar refractivity (Wildman–Crippen MR) is 79.8 cm³/mol. The summed E-state index contributed by atoms with van der Waals surface area (Å²) in [6.45, 7) is 3.81. The normalized spacial score (nSPS) is 34.5. The molecular formula is C17H29NO2. The summed E-state index contributed by atoms with van der Waals surface area (Å²) in [6.07, 6.45) is 12.9. The summed E-state index contributed by atoms with van der Waals surface area (Å²) in [5, 5.41) is 0. The maximum absolute atomic E-state index is 11.8. The smallest absolute Gasteiger partial charge is 0.146 e. The summed E-state index contributed by atoms with van der Waals surface area (Å²) >= 11 is 0. The Morgan fingerprint density at radius 1 is 1.10 bits per heavy atom. The Balaban J connectivity index is 1.56. The first kappa shape index (κ1) is 14.5. The molecule has 0 radical (unpaired) electrons. The molecule has 3 heteroatoms. The Morgan fingerprint density at radius 3 is 2.65 bits per heavy atom.